The number of fused-ring (bicyclic) bond motifs is 1. The maximum absolute atomic E-state index is 11.1. The first kappa shape index (κ1) is 13.8. The second-order valence-corrected chi connectivity index (χ2v) is 5.50. The topological polar surface area (TPSA) is 68.1 Å². The van der Waals surface area contributed by atoms with E-state index in [1.807, 2.05) is 12.1 Å². The molecule has 0 saturated carbocycles. The molecule has 0 saturated heterocycles. The molecule has 0 fully saturated rings. The Morgan fingerprint density at radius 3 is 3.00 bits per heavy atom. The van der Waals surface area contributed by atoms with Crippen molar-refractivity contribution in [2.75, 3.05) is 5.32 Å². The second kappa shape index (κ2) is 5.69. The van der Waals surface area contributed by atoms with Crippen molar-refractivity contribution in [1.29, 1.82) is 0 Å². The van der Waals surface area contributed by atoms with E-state index in [4.69, 9.17) is 11.6 Å². The SMILES string of the molecule is O=[N+]([O-])c1cc(Cl)cnc1NC1CCCc2ccccc21. The lowest BCUT2D eigenvalue weighted by molar-refractivity contribution is -0.384. The maximum Gasteiger partial charge on any atom is 0.312 e. The first-order chi connectivity index (χ1) is 10.1. The van der Waals surface area contributed by atoms with Gasteiger partial charge in [0.15, 0.2) is 0 Å². The minimum atomic E-state index is -0.462. The molecule has 1 aromatic carbocycles. The fraction of sp³-hybridized carbons (Fsp3) is 0.267. The molecule has 1 aliphatic rings. The van der Waals surface area contributed by atoms with E-state index >= 15 is 0 Å². The quantitative estimate of drug-likeness (QED) is 0.683. The van der Waals surface area contributed by atoms with E-state index in [0.29, 0.717) is 0 Å². The minimum Gasteiger partial charge on any atom is -0.358 e. The number of benzene rings is 1. The summed E-state index contributed by atoms with van der Waals surface area (Å²) >= 11 is 5.79. The minimum absolute atomic E-state index is 0.0438. The van der Waals surface area contributed by atoms with Gasteiger partial charge in [0, 0.05) is 12.3 Å². The second-order valence-electron chi connectivity index (χ2n) is 5.07. The predicted molar refractivity (Wildman–Crippen MR) is 81.6 cm³/mol. The highest BCUT2D eigenvalue weighted by molar-refractivity contribution is 6.30. The highest BCUT2D eigenvalue weighted by atomic mass is 35.5. The number of aromatic nitrogens is 1. The molecule has 21 heavy (non-hydrogen) atoms. The zero-order valence-electron chi connectivity index (χ0n) is 11.3. The van der Waals surface area contributed by atoms with Crippen LogP contribution in [0, 0.1) is 10.1 Å². The van der Waals surface area contributed by atoms with Gasteiger partial charge in [0.25, 0.3) is 0 Å². The number of rotatable bonds is 3. The number of halogens is 1. The molecule has 1 aliphatic carbocycles. The molecular formula is C15H14ClN3O2. The van der Waals surface area contributed by atoms with Crippen LogP contribution in [0.4, 0.5) is 11.5 Å². The first-order valence-corrected chi connectivity index (χ1v) is 7.17. The van der Waals surface area contributed by atoms with Crippen LogP contribution in [0.25, 0.3) is 0 Å². The molecular weight excluding hydrogens is 290 g/mol. The van der Waals surface area contributed by atoms with Crippen molar-refractivity contribution in [3.05, 3.63) is 62.8 Å². The van der Waals surface area contributed by atoms with E-state index in [1.165, 1.54) is 23.4 Å². The highest BCUT2D eigenvalue weighted by Gasteiger charge is 2.24. The van der Waals surface area contributed by atoms with Crippen molar-refractivity contribution < 1.29 is 4.92 Å². The number of anilines is 1. The Balaban J connectivity index is 1.93. The Kier molecular flexibility index (Phi) is 3.75. The van der Waals surface area contributed by atoms with E-state index < -0.39 is 4.92 Å². The zero-order chi connectivity index (χ0) is 14.8. The Bertz CT molecular complexity index is 690. The van der Waals surface area contributed by atoms with Crippen LogP contribution in [0.3, 0.4) is 0 Å². The number of hydrogen-bond donors (Lipinski definition) is 1. The zero-order valence-corrected chi connectivity index (χ0v) is 12.0. The molecule has 5 nitrogen and oxygen atoms in total. The van der Waals surface area contributed by atoms with Gasteiger partial charge in [-0.3, -0.25) is 10.1 Å². The van der Waals surface area contributed by atoms with Gasteiger partial charge >= 0.3 is 5.69 Å². The number of nitrogens with zero attached hydrogens (tertiary/aromatic N) is 2. The molecule has 0 spiro atoms. The van der Waals surface area contributed by atoms with Gasteiger partial charge in [-0.25, -0.2) is 4.98 Å². The Hall–Kier alpha value is -2.14. The van der Waals surface area contributed by atoms with Crippen LogP contribution < -0.4 is 5.32 Å². The van der Waals surface area contributed by atoms with Crippen LogP contribution in [0.5, 0.6) is 0 Å². The van der Waals surface area contributed by atoms with Gasteiger partial charge in [0.05, 0.1) is 16.0 Å². The largest absolute Gasteiger partial charge is 0.358 e. The van der Waals surface area contributed by atoms with E-state index in [0.717, 1.165) is 19.3 Å². The van der Waals surface area contributed by atoms with Gasteiger partial charge in [-0.1, -0.05) is 35.9 Å². The summed E-state index contributed by atoms with van der Waals surface area (Å²) in [7, 11) is 0. The lowest BCUT2D eigenvalue weighted by Crippen LogP contribution is -2.18. The van der Waals surface area contributed by atoms with Gasteiger partial charge in [-0.05, 0) is 30.4 Å². The standard InChI is InChI=1S/C15H14ClN3O2/c16-11-8-14(19(20)21)15(17-9-11)18-13-7-3-5-10-4-1-2-6-12(10)13/h1-2,4,6,8-9,13H,3,5,7H2,(H,17,18). The summed E-state index contributed by atoms with van der Waals surface area (Å²) in [6.07, 6.45) is 4.45. The van der Waals surface area contributed by atoms with Crippen LogP contribution in [-0.4, -0.2) is 9.91 Å². The van der Waals surface area contributed by atoms with Crippen LogP contribution in [0.1, 0.15) is 30.0 Å². The van der Waals surface area contributed by atoms with Gasteiger partial charge in [0.2, 0.25) is 5.82 Å². The van der Waals surface area contributed by atoms with E-state index in [1.54, 1.807) is 0 Å². The van der Waals surface area contributed by atoms with E-state index in [2.05, 4.69) is 22.4 Å². The van der Waals surface area contributed by atoms with Crippen LogP contribution in [0.15, 0.2) is 36.5 Å². The molecule has 1 heterocycles. The molecule has 0 radical (unpaired) electrons. The summed E-state index contributed by atoms with van der Waals surface area (Å²) in [5, 5.41) is 14.6. The number of pyridine rings is 1. The van der Waals surface area contributed by atoms with Crippen molar-refractivity contribution in [3.63, 3.8) is 0 Å². The molecule has 1 unspecified atom stereocenters. The Labute approximate surface area is 127 Å². The number of nitro groups is 1. The summed E-state index contributed by atoms with van der Waals surface area (Å²) in [6, 6.07) is 9.54. The smallest absolute Gasteiger partial charge is 0.312 e. The van der Waals surface area contributed by atoms with Gasteiger partial charge in [-0.2, -0.15) is 0 Å². The van der Waals surface area contributed by atoms with Crippen molar-refractivity contribution >= 4 is 23.1 Å². The fourth-order valence-electron chi connectivity index (χ4n) is 2.75. The summed E-state index contributed by atoms with van der Waals surface area (Å²) in [5.41, 5.74) is 2.39. The van der Waals surface area contributed by atoms with E-state index in [-0.39, 0.29) is 22.6 Å². The monoisotopic (exact) mass is 303 g/mol. The van der Waals surface area contributed by atoms with Crippen LogP contribution in [-0.2, 0) is 6.42 Å². The molecule has 108 valence electrons. The number of hydrogen-bond acceptors (Lipinski definition) is 4. The molecule has 6 heteroatoms. The maximum atomic E-state index is 11.1. The van der Waals surface area contributed by atoms with Gasteiger partial charge in [-0.15, -0.1) is 0 Å². The summed E-state index contributed by atoms with van der Waals surface area (Å²) in [6.45, 7) is 0. The molecule has 1 N–H and O–H groups in total. The molecule has 0 amide bonds. The molecule has 0 aliphatic heterocycles. The van der Waals surface area contributed by atoms with Crippen molar-refractivity contribution in [2.45, 2.75) is 25.3 Å². The lowest BCUT2D eigenvalue weighted by atomic mass is 9.88. The Morgan fingerprint density at radius 1 is 1.38 bits per heavy atom. The third kappa shape index (κ3) is 2.83. The van der Waals surface area contributed by atoms with Crippen molar-refractivity contribution in [2.24, 2.45) is 0 Å². The number of nitrogens with one attached hydrogen (secondary N) is 1. The number of aryl methyl sites for hydroxylation is 1. The first-order valence-electron chi connectivity index (χ1n) is 6.79. The summed E-state index contributed by atoms with van der Waals surface area (Å²) < 4.78 is 0. The molecule has 1 atom stereocenters. The third-order valence-corrected chi connectivity index (χ3v) is 3.92. The van der Waals surface area contributed by atoms with Gasteiger partial charge < -0.3 is 5.32 Å². The summed E-state index contributed by atoms with van der Waals surface area (Å²) in [5.74, 6) is 0.270. The average molecular weight is 304 g/mol. The Morgan fingerprint density at radius 2 is 2.19 bits per heavy atom. The lowest BCUT2D eigenvalue weighted by Gasteiger charge is -2.26. The average Bonchev–Trinajstić information content (AvgIpc) is 2.49. The summed E-state index contributed by atoms with van der Waals surface area (Å²) in [4.78, 5) is 14.7. The fourth-order valence-corrected chi connectivity index (χ4v) is 2.90. The molecule has 1 aromatic heterocycles. The van der Waals surface area contributed by atoms with Crippen LogP contribution >= 0.6 is 11.6 Å². The predicted octanol–water partition coefficient (Wildman–Crippen LogP) is 4.13. The highest BCUT2D eigenvalue weighted by Crippen LogP contribution is 2.34. The van der Waals surface area contributed by atoms with Crippen molar-refractivity contribution in [3.8, 4) is 0 Å². The van der Waals surface area contributed by atoms with Gasteiger partial charge in [0.1, 0.15) is 0 Å². The van der Waals surface area contributed by atoms with Crippen LogP contribution in [0.2, 0.25) is 5.02 Å². The van der Waals surface area contributed by atoms with E-state index in [9.17, 15) is 10.1 Å². The molecule has 2 aromatic rings. The normalized spacial score (nSPS) is 17.1. The molecule has 0 bridgehead atoms. The molecule has 3 rings (SSSR count). The third-order valence-electron chi connectivity index (χ3n) is 3.71. The van der Waals surface area contributed by atoms with Crippen molar-refractivity contribution in [1.82, 2.24) is 4.98 Å².